The van der Waals surface area contributed by atoms with Crippen LogP contribution in [0.3, 0.4) is 0 Å². The molecule has 0 radical (unpaired) electrons. The summed E-state index contributed by atoms with van der Waals surface area (Å²) in [6, 6.07) is 1.68. The monoisotopic (exact) mass is 538 g/mol. The second-order valence-corrected chi connectivity index (χ2v) is 12.9. The lowest BCUT2D eigenvalue weighted by Crippen LogP contribution is -2.40. The molecule has 35 heavy (non-hydrogen) atoms. The molecule has 2 aliphatic heterocycles. The first-order chi connectivity index (χ1) is 16.7. The van der Waals surface area contributed by atoms with Gasteiger partial charge in [-0.25, -0.2) is 4.68 Å². The Labute approximate surface area is 219 Å². The second-order valence-electron chi connectivity index (χ2n) is 10.1. The summed E-state index contributed by atoms with van der Waals surface area (Å²) in [5.74, 6) is 0.686. The zero-order valence-corrected chi connectivity index (χ0v) is 22.9. The van der Waals surface area contributed by atoms with Crippen LogP contribution in [0.5, 0.6) is 5.75 Å². The van der Waals surface area contributed by atoms with Crippen LogP contribution in [0.1, 0.15) is 71.3 Å². The quantitative estimate of drug-likeness (QED) is 0.367. The Hall–Kier alpha value is -1.42. The average molecular weight is 540 g/mol. The molecule has 4 heterocycles. The molecular weight excluding hydrogens is 507 g/mol. The Bertz CT molecular complexity index is 1230. The summed E-state index contributed by atoms with van der Waals surface area (Å²) in [4.78, 5) is 0. The topological polar surface area (TPSA) is 76.3 Å². The van der Waals surface area contributed by atoms with Crippen molar-refractivity contribution in [2.75, 3.05) is 13.2 Å². The fraction of sp³-hybridized carbons (Fsp3) is 0.560. The molecule has 2 aliphatic rings. The molecule has 1 fully saturated rings. The number of hydrogen-bond acceptors (Lipinski definition) is 5. The lowest BCUT2D eigenvalue weighted by atomic mass is 10.0. The highest BCUT2D eigenvalue weighted by Gasteiger charge is 2.38. The molecule has 1 aromatic carbocycles. The van der Waals surface area contributed by atoms with Crippen molar-refractivity contribution in [1.29, 1.82) is 0 Å². The van der Waals surface area contributed by atoms with Gasteiger partial charge < -0.3 is 18.6 Å². The van der Waals surface area contributed by atoms with Crippen LogP contribution in [0.25, 0.3) is 22.0 Å². The normalized spacial score (nSPS) is 21.5. The Kier molecular flexibility index (Phi) is 7.07. The fourth-order valence-electron chi connectivity index (χ4n) is 5.00. The number of benzene rings is 1. The summed E-state index contributed by atoms with van der Waals surface area (Å²) in [7, 11) is 0. The number of fused-ring (bicyclic) bond motifs is 3. The lowest BCUT2D eigenvalue weighted by Gasteiger charge is -2.26. The van der Waals surface area contributed by atoms with Crippen LogP contribution < -0.4 is 9.46 Å². The predicted molar refractivity (Wildman–Crippen MR) is 142 cm³/mol. The number of hydrogen-bond donors (Lipinski definition) is 1. The molecule has 2 unspecified atom stereocenters. The van der Waals surface area contributed by atoms with E-state index in [1.54, 1.807) is 6.07 Å². The van der Waals surface area contributed by atoms with E-state index < -0.39 is 11.4 Å². The Morgan fingerprint density at radius 2 is 2.09 bits per heavy atom. The van der Waals surface area contributed by atoms with Gasteiger partial charge in [0.25, 0.3) is 0 Å². The first-order valence-electron chi connectivity index (χ1n) is 12.2. The lowest BCUT2D eigenvalue weighted by molar-refractivity contribution is -0.0394. The van der Waals surface area contributed by atoms with Gasteiger partial charge in [-0.05, 0) is 53.4 Å². The van der Waals surface area contributed by atoms with Crippen molar-refractivity contribution in [3.05, 3.63) is 34.2 Å². The molecule has 0 saturated carbocycles. The third kappa shape index (κ3) is 4.58. The number of aryl methyl sites for hydroxylation is 1. The minimum atomic E-state index is -1.23. The zero-order chi connectivity index (χ0) is 24.9. The predicted octanol–water partition coefficient (Wildman–Crippen LogP) is 6.41. The maximum Gasteiger partial charge on any atom is 0.150 e. The van der Waals surface area contributed by atoms with Gasteiger partial charge in [0.1, 0.15) is 16.7 Å². The van der Waals surface area contributed by atoms with E-state index in [1.807, 2.05) is 44.8 Å². The molecule has 3 atom stereocenters. The number of nitrogens with zero attached hydrogens (tertiary/aromatic N) is 3. The first kappa shape index (κ1) is 25.2. The number of ether oxygens (including phenoxy) is 2. The molecule has 5 rings (SSSR count). The molecule has 0 spiro atoms. The molecule has 0 bridgehead atoms. The number of nitrogens with one attached hydrogen (secondary N) is 1. The van der Waals surface area contributed by atoms with E-state index in [0.29, 0.717) is 22.4 Å². The highest BCUT2D eigenvalue weighted by Crippen LogP contribution is 2.50. The fourth-order valence-corrected chi connectivity index (χ4v) is 6.28. The van der Waals surface area contributed by atoms with Crippen molar-refractivity contribution < 1.29 is 14.0 Å². The van der Waals surface area contributed by atoms with Crippen molar-refractivity contribution in [3.63, 3.8) is 0 Å². The van der Waals surface area contributed by atoms with E-state index in [1.165, 1.54) is 0 Å². The minimum absolute atomic E-state index is 0.0638. The van der Waals surface area contributed by atoms with Crippen LogP contribution in [-0.2, 0) is 22.6 Å². The van der Waals surface area contributed by atoms with Gasteiger partial charge in [0.05, 0.1) is 39.8 Å². The number of aromatic nitrogens is 3. The van der Waals surface area contributed by atoms with Crippen LogP contribution in [0.4, 0.5) is 0 Å². The molecule has 10 heteroatoms. The summed E-state index contributed by atoms with van der Waals surface area (Å²) in [5.41, 5.74) is 3.82. The van der Waals surface area contributed by atoms with Crippen LogP contribution in [-0.4, -0.2) is 36.9 Å². The number of rotatable bonds is 6. The molecule has 0 amide bonds. The second kappa shape index (κ2) is 9.80. The molecule has 3 aromatic rings. The van der Waals surface area contributed by atoms with E-state index >= 15 is 0 Å². The van der Waals surface area contributed by atoms with Gasteiger partial charge in [0.2, 0.25) is 0 Å². The highest BCUT2D eigenvalue weighted by atomic mass is 35.5. The summed E-state index contributed by atoms with van der Waals surface area (Å²) < 4.78 is 32.2. The van der Waals surface area contributed by atoms with Gasteiger partial charge in [0, 0.05) is 53.6 Å². The van der Waals surface area contributed by atoms with Crippen LogP contribution in [0.15, 0.2) is 18.5 Å². The Balaban J connectivity index is 1.70. The van der Waals surface area contributed by atoms with E-state index in [0.717, 1.165) is 66.6 Å². The standard InChI is InChI=1S/C25H32Cl2N4O3S/c1-5-33-18-12-16(26)22(27)24-21(18)20(15-13-28-31(14-15)19-8-6-7-11-34-19)23-17(9-10-30(23)24)29-35(32)25(2,3)4/h12-14,17,19,29H,5-11H2,1-4H3/t17-,19?,35?/m0/s1. The Morgan fingerprint density at radius 3 is 2.77 bits per heavy atom. The van der Waals surface area contributed by atoms with Gasteiger partial charge in [-0.1, -0.05) is 23.2 Å². The van der Waals surface area contributed by atoms with Crippen LogP contribution in [0, 0.1) is 0 Å². The van der Waals surface area contributed by atoms with Crippen molar-refractivity contribution in [2.24, 2.45) is 0 Å². The van der Waals surface area contributed by atoms with Gasteiger partial charge >= 0.3 is 0 Å². The van der Waals surface area contributed by atoms with Crippen molar-refractivity contribution in [2.45, 2.75) is 76.9 Å². The molecule has 1 N–H and O–H groups in total. The average Bonchev–Trinajstić information content (AvgIpc) is 3.53. The molecule has 0 aliphatic carbocycles. The number of halogens is 2. The van der Waals surface area contributed by atoms with E-state index in [-0.39, 0.29) is 17.0 Å². The highest BCUT2D eigenvalue weighted by molar-refractivity contribution is 7.90. The van der Waals surface area contributed by atoms with E-state index in [2.05, 4.69) is 14.4 Å². The van der Waals surface area contributed by atoms with Crippen LogP contribution in [0.2, 0.25) is 10.0 Å². The summed E-state index contributed by atoms with van der Waals surface area (Å²) in [6.07, 6.45) is 7.80. The summed E-state index contributed by atoms with van der Waals surface area (Å²) in [6.45, 7) is 9.84. The third-order valence-electron chi connectivity index (χ3n) is 6.64. The molecular formula is C25H32Cl2N4O3S. The Morgan fingerprint density at radius 1 is 1.29 bits per heavy atom. The van der Waals surface area contributed by atoms with Crippen molar-refractivity contribution in [3.8, 4) is 16.9 Å². The molecule has 190 valence electrons. The van der Waals surface area contributed by atoms with Crippen molar-refractivity contribution in [1.82, 2.24) is 19.1 Å². The molecule has 1 saturated heterocycles. The van der Waals surface area contributed by atoms with E-state index in [9.17, 15) is 4.55 Å². The maximum absolute atomic E-state index is 13.1. The summed E-state index contributed by atoms with van der Waals surface area (Å²) in [5, 5.41) is 6.53. The zero-order valence-electron chi connectivity index (χ0n) is 20.6. The van der Waals surface area contributed by atoms with E-state index in [4.69, 9.17) is 32.7 Å². The van der Waals surface area contributed by atoms with Crippen LogP contribution >= 0.6 is 23.2 Å². The smallest absolute Gasteiger partial charge is 0.150 e. The molecule has 2 aromatic heterocycles. The van der Waals surface area contributed by atoms with Gasteiger partial charge in [0.15, 0.2) is 0 Å². The third-order valence-corrected chi connectivity index (χ3v) is 9.03. The van der Waals surface area contributed by atoms with Gasteiger partial charge in [-0.2, -0.15) is 5.10 Å². The SMILES string of the molecule is CCOc1cc(Cl)c(Cl)c2c1c(-c1cnn(C3CCCCO3)c1)c1n2CC[C@@H]1N[S+]([O-])C(C)(C)C. The van der Waals surface area contributed by atoms with Gasteiger partial charge in [-0.15, -0.1) is 4.72 Å². The molecule has 7 nitrogen and oxygen atoms in total. The van der Waals surface area contributed by atoms with Crippen molar-refractivity contribution >= 4 is 45.5 Å². The minimum Gasteiger partial charge on any atom is -0.598 e. The first-order valence-corrected chi connectivity index (χ1v) is 14.1. The summed E-state index contributed by atoms with van der Waals surface area (Å²) >= 11 is 12.1. The largest absolute Gasteiger partial charge is 0.598 e. The van der Waals surface area contributed by atoms with Gasteiger partial charge in [-0.3, -0.25) is 0 Å². The maximum atomic E-state index is 13.1.